The standard InChI is InChI=1S/C17H23N3O3/c1-3-20(15-6-4-5-14(2)11-15)17(23)12-16(22)19-9-7-18(13-21)8-10-19/h4-6,11,13H,3,7-10,12H2,1-2H3. The van der Waals surface area contributed by atoms with Crippen molar-refractivity contribution in [2.24, 2.45) is 0 Å². The van der Waals surface area contributed by atoms with Crippen molar-refractivity contribution in [1.29, 1.82) is 0 Å². The first-order chi connectivity index (χ1) is 11.0. The van der Waals surface area contributed by atoms with Crippen LogP contribution in [0.5, 0.6) is 0 Å². The molecule has 6 nitrogen and oxygen atoms in total. The predicted molar refractivity (Wildman–Crippen MR) is 88.0 cm³/mol. The number of amides is 3. The minimum Gasteiger partial charge on any atom is -0.342 e. The van der Waals surface area contributed by atoms with Crippen molar-refractivity contribution in [3.8, 4) is 0 Å². The Hall–Kier alpha value is -2.37. The smallest absolute Gasteiger partial charge is 0.236 e. The molecule has 23 heavy (non-hydrogen) atoms. The van der Waals surface area contributed by atoms with Crippen LogP contribution in [0.3, 0.4) is 0 Å². The van der Waals surface area contributed by atoms with E-state index in [9.17, 15) is 14.4 Å². The molecule has 1 saturated heterocycles. The summed E-state index contributed by atoms with van der Waals surface area (Å²) in [6.07, 6.45) is 0.659. The molecule has 0 saturated carbocycles. The second kappa shape index (κ2) is 7.76. The number of hydrogen-bond acceptors (Lipinski definition) is 3. The normalized spacial score (nSPS) is 14.5. The number of carbonyl (C=O) groups is 3. The van der Waals surface area contributed by atoms with Crippen LogP contribution in [0.2, 0.25) is 0 Å². The zero-order valence-corrected chi connectivity index (χ0v) is 13.7. The van der Waals surface area contributed by atoms with Crippen molar-refractivity contribution >= 4 is 23.9 Å². The van der Waals surface area contributed by atoms with E-state index in [1.807, 2.05) is 38.1 Å². The predicted octanol–water partition coefficient (Wildman–Crippen LogP) is 1.04. The molecule has 1 fully saturated rings. The highest BCUT2D eigenvalue weighted by Gasteiger charge is 2.24. The fourth-order valence-electron chi connectivity index (χ4n) is 2.71. The molecule has 1 aromatic carbocycles. The van der Waals surface area contributed by atoms with Crippen LogP contribution < -0.4 is 4.90 Å². The molecule has 0 bridgehead atoms. The summed E-state index contributed by atoms with van der Waals surface area (Å²) in [5, 5.41) is 0. The van der Waals surface area contributed by atoms with Crippen molar-refractivity contribution in [2.45, 2.75) is 20.3 Å². The van der Waals surface area contributed by atoms with Crippen LogP contribution in [0.15, 0.2) is 24.3 Å². The lowest BCUT2D eigenvalue weighted by atomic mass is 10.2. The van der Waals surface area contributed by atoms with Crippen LogP contribution >= 0.6 is 0 Å². The van der Waals surface area contributed by atoms with Gasteiger partial charge in [0, 0.05) is 38.4 Å². The van der Waals surface area contributed by atoms with E-state index in [1.54, 1.807) is 14.7 Å². The van der Waals surface area contributed by atoms with Crippen molar-refractivity contribution in [2.75, 3.05) is 37.6 Å². The Labute approximate surface area is 136 Å². The van der Waals surface area contributed by atoms with E-state index < -0.39 is 0 Å². The van der Waals surface area contributed by atoms with Gasteiger partial charge in [-0.15, -0.1) is 0 Å². The molecule has 0 aromatic heterocycles. The molecular weight excluding hydrogens is 294 g/mol. The Morgan fingerprint density at radius 2 is 1.91 bits per heavy atom. The molecule has 0 unspecified atom stereocenters. The van der Waals surface area contributed by atoms with Gasteiger partial charge in [0.1, 0.15) is 6.42 Å². The molecule has 1 aromatic rings. The summed E-state index contributed by atoms with van der Waals surface area (Å²) in [4.78, 5) is 40.4. The van der Waals surface area contributed by atoms with Crippen molar-refractivity contribution in [3.63, 3.8) is 0 Å². The topological polar surface area (TPSA) is 60.9 Å². The maximum Gasteiger partial charge on any atom is 0.236 e. The summed E-state index contributed by atoms with van der Waals surface area (Å²) in [6.45, 7) is 6.42. The van der Waals surface area contributed by atoms with Gasteiger partial charge in [-0.05, 0) is 31.5 Å². The summed E-state index contributed by atoms with van der Waals surface area (Å²) in [5.74, 6) is -0.368. The molecule has 0 radical (unpaired) electrons. The van der Waals surface area contributed by atoms with Crippen LogP contribution in [-0.4, -0.2) is 60.7 Å². The van der Waals surface area contributed by atoms with E-state index in [2.05, 4.69) is 0 Å². The minimum absolute atomic E-state index is 0.136. The SMILES string of the molecule is CCN(C(=O)CC(=O)N1CCN(C=O)CC1)c1cccc(C)c1. The summed E-state index contributed by atoms with van der Waals surface area (Å²) in [7, 11) is 0. The Morgan fingerprint density at radius 1 is 1.22 bits per heavy atom. The highest BCUT2D eigenvalue weighted by Crippen LogP contribution is 2.17. The lowest BCUT2D eigenvalue weighted by Gasteiger charge is -2.33. The van der Waals surface area contributed by atoms with E-state index >= 15 is 0 Å². The van der Waals surface area contributed by atoms with Gasteiger partial charge in [-0.1, -0.05) is 12.1 Å². The average Bonchev–Trinajstić information content (AvgIpc) is 2.55. The quantitative estimate of drug-likeness (QED) is 0.602. The summed E-state index contributed by atoms with van der Waals surface area (Å²) < 4.78 is 0. The van der Waals surface area contributed by atoms with Crippen LogP contribution in [0.1, 0.15) is 18.9 Å². The Balaban J connectivity index is 1.97. The first-order valence-corrected chi connectivity index (χ1v) is 7.89. The highest BCUT2D eigenvalue weighted by atomic mass is 16.2. The lowest BCUT2D eigenvalue weighted by molar-refractivity contribution is -0.138. The van der Waals surface area contributed by atoms with E-state index in [4.69, 9.17) is 0 Å². The van der Waals surface area contributed by atoms with Gasteiger partial charge in [0.15, 0.2) is 0 Å². The third-order valence-electron chi connectivity index (χ3n) is 4.05. The molecule has 3 amide bonds. The van der Waals surface area contributed by atoms with Gasteiger partial charge >= 0.3 is 0 Å². The number of nitrogens with zero attached hydrogens (tertiary/aromatic N) is 3. The monoisotopic (exact) mass is 317 g/mol. The van der Waals surface area contributed by atoms with Gasteiger partial charge in [0.05, 0.1) is 0 Å². The Bertz CT molecular complexity index is 580. The maximum absolute atomic E-state index is 12.5. The third-order valence-corrected chi connectivity index (χ3v) is 4.05. The van der Waals surface area contributed by atoms with Crippen LogP contribution in [0.25, 0.3) is 0 Å². The van der Waals surface area contributed by atoms with Gasteiger partial charge in [-0.25, -0.2) is 0 Å². The largest absolute Gasteiger partial charge is 0.342 e. The second-order valence-electron chi connectivity index (χ2n) is 5.68. The lowest BCUT2D eigenvalue weighted by Crippen LogP contribution is -2.49. The number of benzene rings is 1. The number of rotatable bonds is 5. The first-order valence-electron chi connectivity index (χ1n) is 7.89. The number of carbonyl (C=O) groups excluding carboxylic acids is 3. The molecular formula is C17H23N3O3. The van der Waals surface area contributed by atoms with Crippen LogP contribution in [0, 0.1) is 6.92 Å². The minimum atomic E-state index is -0.194. The van der Waals surface area contributed by atoms with Crippen LogP contribution in [0.4, 0.5) is 5.69 Å². The van der Waals surface area contributed by atoms with Gasteiger partial charge in [0.2, 0.25) is 18.2 Å². The Morgan fingerprint density at radius 3 is 2.48 bits per heavy atom. The highest BCUT2D eigenvalue weighted by molar-refractivity contribution is 6.05. The molecule has 1 aliphatic rings. The fraction of sp³-hybridized carbons (Fsp3) is 0.471. The Kier molecular flexibility index (Phi) is 5.73. The van der Waals surface area contributed by atoms with Crippen molar-refractivity contribution in [1.82, 2.24) is 9.80 Å². The summed E-state index contributed by atoms with van der Waals surface area (Å²) in [6, 6.07) is 7.69. The third kappa shape index (κ3) is 4.31. The molecule has 1 heterocycles. The molecule has 2 rings (SSSR count). The maximum atomic E-state index is 12.5. The van der Waals surface area contributed by atoms with Gasteiger partial charge in [0.25, 0.3) is 0 Å². The number of aryl methyl sites for hydroxylation is 1. The first kappa shape index (κ1) is 17.0. The van der Waals surface area contributed by atoms with E-state index in [0.717, 1.165) is 17.7 Å². The number of piperazine rings is 1. The molecule has 0 aliphatic carbocycles. The number of anilines is 1. The van der Waals surface area contributed by atoms with E-state index in [1.165, 1.54) is 0 Å². The van der Waals surface area contributed by atoms with E-state index in [-0.39, 0.29) is 18.2 Å². The fourth-order valence-corrected chi connectivity index (χ4v) is 2.71. The summed E-state index contributed by atoms with van der Waals surface area (Å²) >= 11 is 0. The van der Waals surface area contributed by atoms with Crippen molar-refractivity contribution in [3.05, 3.63) is 29.8 Å². The zero-order valence-electron chi connectivity index (χ0n) is 13.7. The van der Waals surface area contributed by atoms with Gasteiger partial charge < -0.3 is 14.7 Å². The molecule has 1 aliphatic heterocycles. The van der Waals surface area contributed by atoms with Crippen LogP contribution in [-0.2, 0) is 14.4 Å². The van der Waals surface area contributed by atoms with Gasteiger partial charge in [-0.2, -0.15) is 0 Å². The molecule has 0 spiro atoms. The molecule has 124 valence electrons. The second-order valence-corrected chi connectivity index (χ2v) is 5.68. The van der Waals surface area contributed by atoms with E-state index in [0.29, 0.717) is 32.7 Å². The molecule has 0 N–H and O–H groups in total. The van der Waals surface area contributed by atoms with Crippen molar-refractivity contribution < 1.29 is 14.4 Å². The molecule has 0 atom stereocenters. The summed E-state index contributed by atoms with van der Waals surface area (Å²) in [5.41, 5.74) is 1.89. The number of hydrogen-bond donors (Lipinski definition) is 0. The average molecular weight is 317 g/mol. The zero-order chi connectivity index (χ0) is 16.8. The van der Waals surface area contributed by atoms with Gasteiger partial charge in [-0.3, -0.25) is 14.4 Å². The molecule has 6 heteroatoms.